The molecule has 0 spiro atoms. The van der Waals surface area contributed by atoms with Crippen molar-refractivity contribution in [3.8, 4) is 5.75 Å². The first-order valence-corrected chi connectivity index (χ1v) is 4.85. The largest absolute Gasteiger partial charge is 0.494 e. The third-order valence-corrected chi connectivity index (χ3v) is 2.38. The molecule has 16 heavy (non-hydrogen) atoms. The molecule has 0 aliphatic rings. The number of hydrogen-bond donors (Lipinski definition) is 1. The lowest BCUT2D eigenvalue weighted by molar-refractivity contribution is 0.385. The Labute approximate surface area is 92.6 Å². The Balaban J connectivity index is 2.31. The first kappa shape index (κ1) is 10.7. The second-order valence-corrected chi connectivity index (χ2v) is 3.39. The molecule has 0 aliphatic heterocycles. The predicted octanol–water partition coefficient (Wildman–Crippen LogP) is 2.48. The molecule has 0 saturated carbocycles. The second-order valence-electron chi connectivity index (χ2n) is 3.39. The lowest BCUT2D eigenvalue weighted by Gasteiger charge is -2.10. The van der Waals surface area contributed by atoms with Crippen molar-refractivity contribution >= 4 is 0 Å². The maximum atomic E-state index is 13.4. The van der Waals surface area contributed by atoms with Gasteiger partial charge >= 0.3 is 0 Å². The lowest BCUT2D eigenvalue weighted by atomic mass is 10.1. The van der Waals surface area contributed by atoms with Crippen LogP contribution in [0.5, 0.6) is 5.75 Å². The molecule has 1 heterocycles. The number of benzene rings is 1. The fraction of sp³-hybridized carbons (Fsp3) is 0.167. The van der Waals surface area contributed by atoms with Crippen molar-refractivity contribution in [3.05, 3.63) is 53.7 Å². The Morgan fingerprint density at radius 2 is 2.19 bits per heavy atom. The SMILES string of the molecule is COc1ccc(C(N)c2ccco2)cc1F. The summed E-state index contributed by atoms with van der Waals surface area (Å²) in [6, 6.07) is 7.66. The van der Waals surface area contributed by atoms with E-state index in [1.807, 2.05) is 0 Å². The van der Waals surface area contributed by atoms with Gasteiger partial charge in [-0.3, -0.25) is 0 Å². The molecule has 0 amide bonds. The van der Waals surface area contributed by atoms with Gasteiger partial charge in [-0.05, 0) is 29.8 Å². The van der Waals surface area contributed by atoms with E-state index in [0.717, 1.165) is 0 Å². The monoisotopic (exact) mass is 221 g/mol. The number of rotatable bonds is 3. The molecule has 2 N–H and O–H groups in total. The molecule has 3 nitrogen and oxygen atoms in total. The molecular formula is C12H12FNO2. The Bertz CT molecular complexity index is 468. The summed E-state index contributed by atoms with van der Waals surface area (Å²) >= 11 is 0. The van der Waals surface area contributed by atoms with Gasteiger partial charge in [-0.15, -0.1) is 0 Å². The van der Waals surface area contributed by atoms with E-state index >= 15 is 0 Å². The number of furan rings is 1. The molecule has 0 bridgehead atoms. The molecule has 0 radical (unpaired) electrons. The molecule has 1 aromatic heterocycles. The van der Waals surface area contributed by atoms with Crippen LogP contribution in [0.2, 0.25) is 0 Å². The van der Waals surface area contributed by atoms with Gasteiger partial charge in [-0.25, -0.2) is 4.39 Å². The Hall–Kier alpha value is -1.81. The van der Waals surface area contributed by atoms with Crippen LogP contribution in [0.3, 0.4) is 0 Å². The van der Waals surface area contributed by atoms with E-state index in [1.54, 1.807) is 24.3 Å². The Kier molecular flexibility index (Phi) is 2.92. The van der Waals surface area contributed by atoms with E-state index in [1.165, 1.54) is 19.4 Å². The fourth-order valence-corrected chi connectivity index (χ4v) is 1.51. The van der Waals surface area contributed by atoms with Gasteiger partial charge < -0.3 is 14.9 Å². The van der Waals surface area contributed by atoms with Crippen LogP contribution < -0.4 is 10.5 Å². The molecule has 0 fully saturated rings. The van der Waals surface area contributed by atoms with Gasteiger partial charge in [-0.1, -0.05) is 6.07 Å². The summed E-state index contributed by atoms with van der Waals surface area (Å²) in [7, 11) is 1.42. The quantitative estimate of drug-likeness (QED) is 0.866. The van der Waals surface area contributed by atoms with Crippen LogP contribution in [-0.4, -0.2) is 7.11 Å². The van der Waals surface area contributed by atoms with Crippen LogP contribution in [-0.2, 0) is 0 Å². The molecule has 2 aromatic rings. The van der Waals surface area contributed by atoms with Gasteiger partial charge in [0, 0.05) is 0 Å². The fourth-order valence-electron chi connectivity index (χ4n) is 1.51. The van der Waals surface area contributed by atoms with Crippen LogP contribution >= 0.6 is 0 Å². The zero-order chi connectivity index (χ0) is 11.5. The third kappa shape index (κ3) is 1.92. The summed E-state index contributed by atoms with van der Waals surface area (Å²) in [6.45, 7) is 0. The lowest BCUT2D eigenvalue weighted by Crippen LogP contribution is -2.11. The Morgan fingerprint density at radius 3 is 2.75 bits per heavy atom. The highest BCUT2D eigenvalue weighted by molar-refractivity contribution is 5.33. The maximum absolute atomic E-state index is 13.4. The molecule has 0 saturated heterocycles. The number of halogens is 1. The van der Waals surface area contributed by atoms with Gasteiger partial charge in [0.05, 0.1) is 19.4 Å². The molecule has 2 rings (SSSR count). The van der Waals surface area contributed by atoms with Crippen LogP contribution in [0.15, 0.2) is 41.0 Å². The first-order valence-electron chi connectivity index (χ1n) is 4.85. The van der Waals surface area contributed by atoms with Crippen LogP contribution in [0, 0.1) is 5.82 Å². The minimum absolute atomic E-state index is 0.204. The van der Waals surface area contributed by atoms with Gasteiger partial charge in [0.25, 0.3) is 0 Å². The van der Waals surface area contributed by atoms with Gasteiger partial charge in [-0.2, -0.15) is 0 Å². The van der Waals surface area contributed by atoms with Crippen molar-refractivity contribution in [3.63, 3.8) is 0 Å². The van der Waals surface area contributed by atoms with Crippen molar-refractivity contribution in [1.29, 1.82) is 0 Å². The van der Waals surface area contributed by atoms with Crippen molar-refractivity contribution in [1.82, 2.24) is 0 Å². The first-order chi connectivity index (χ1) is 7.72. The van der Waals surface area contributed by atoms with Gasteiger partial charge in [0.15, 0.2) is 11.6 Å². The topological polar surface area (TPSA) is 48.4 Å². The summed E-state index contributed by atoms with van der Waals surface area (Å²) in [5.41, 5.74) is 6.57. The van der Waals surface area contributed by atoms with Crippen molar-refractivity contribution in [2.24, 2.45) is 5.73 Å². The van der Waals surface area contributed by atoms with Gasteiger partial charge in [0.1, 0.15) is 5.76 Å². The summed E-state index contributed by atoms with van der Waals surface area (Å²) < 4.78 is 23.4. The van der Waals surface area contributed by atoms with E-state index in [4.69, 9.17) is 14.9 Å². The normalized spacial score (nSPS) is 12.4. The summed E-state index contributed by atoms with van der Waals surface area (Å²) in [6.07, 6.45) is 1.54. The van der Waals surface area contributed by atoms with Crippen molar-refractivity contribution in [2.45, 2.75) is 6.04 Å². The maximum Gasteiger partial charge on any atom is 0.165 e. The minimum atomic E-state index is -0.463. The molecular weight excluding hydrogens is 209 g/mol. The molecule has 4 heteroatoms. The highest BCUT2D eigenvalue weighted by atomic mass is 19.1. The average molecular weight is 221 g/mol. The smallest absolute Gasteiger partial charge is 0.165 e. The number of hydrogen-bond acceptors (Lipinski definition) is 3. The van der Waals surface area contributed by atoms with Crippen LogP contribution in [0.1, 0.15) is 17.4 Å². The highest BCUT2D eigenvalue weighted by Gasteiger charge is 2.13. The van der Waals surface area contributed by atoms with E-state index in [0.29, 0.717) is 11.3 Å². The van der Waals surface area contributed by atoms with Crippen LogP contribution in [0.25, 0.3) is 0 Å². The molecule has 0 aliphatic carbocycles. The molecule has 84 valence electrons. The minimum Gasteiger partial charge on any atom is -0.494 e. The van der Waals surface area contributed by atoms with Crippen molar-refractivity contribution < 1.29 is 13.5 Å². The standard InChI is InChI=1S/C12H12FNO2/c1-15-10-5-4-8(7-9(10)13)12(14)11-3-2-6-16-11/h2-7,12H,14H2,1H3. The molecule has 1 unspecified atom stereocenters. The summed E-state index contributed by atoms with van der Waals surface area (Å²) in [4.78, 5) is 0. The molecule has 1 atom stereocenters. The van der Waals surface area contributed by atoms with Crippen molar-refractivity contribution in [2.75, 3.05) is 7.11 Å². The van der Waals surface area contributed by atoms with Gasteiger partial charge in [0.2, 0.25) is 0 Å². The summed E-state index contributed by atoms with van der Waals surface area (Å²) in [5, 5.41) is 0. The predicted molar refractivity (Wildman–Crippen MR) is 57.7 cm³/mol. The average Bonchev–Trinajstić information content (AvgIpc) is 2.81. The van der Waals surface area contributed by atoms with E-state index in [-0.39, 0.29) is 5.75 Å². The third-order valence-electron chi connectivity index (χ3n) is 2.38. The number of nitrogens with two attached hydrogens (primary N) is 1. The zero-order valence-electron chi connectivity index (χ0n) is 8.81. The van der Waals surface area contributed by atoms with E-state index < -0.39 is 11.9 Å². The Morgan fingerprint density at radius 1 is 1.38 bits per heavy atom. The second kappa shape index (κ2) is 4.37. The zero-order valence-corrected chi connectivity index (χ0v) is 8.81. The van der Waals surface area contributed by atoms with E-state index in [2.05, 4.69) is 0 Å². The van der Waals surface area contributed by atoms with Crippen LogP contribution in [0.4, 0.5) is 4.39 Å². The number of ether oxygens (including phenoxy) is 1. The highest BCUT2D eigenvalue weighted by Crippen LogP contribution is 2.24. The molecule has 1 aromatic carbocycles. The number of methoxy groups -OCH3 is 1. The van der Waals surface area contributed by atoms with E-state index in [9.17, 15) is 4.39 Å². The summed E-state index contributed by atoms with van der Waals surface area (Å²) in [5.74, 6) is 0.377.